The lowest BCUT2D eigenvalue weighted by molar-refractivity contribution is -0.140. The largest absolute Gasteiger partial charge is 0.481 e. The average Bonchev–Trinajstić information content (AvgIpc) is 2.93. The molecule has 0 saturated heterocycles. The summed E-state index contributed by atoms with van der Waals surface area (Å²) in [7, 11) is 3.29. The van der Waals surface area contributed by atoms with E-state index in [0.717, 1.165) is 25.7 Å². The third-order valence-corrected chi connectivity index (χ3v) is 3.70. The molecule has 106 valence electrons. The summed E-state index contributed by atoms with van der Waals surface area (Å²) in [5, 5.41) is 17.0. The Balaban J connectivity index is 2.30. The highest BCUT2D eigenvalue weighted by Gasteiger charge is 2.31. The second kappa shape index (κ2) is 5.61. The lowest BCUT2D eigenvalue weighted by Crippen LogP contribution is -2.35. The fourth-order valence-electron chi connectivity index (χ4n) is 2.83. The number of carbonyl (C=O) groups is 1. The lowest BCUT2D eigenvalue weighted by Gasteiger charge is -2.20. The minimum atomic E-state index is -0.888. The van der Waals surface area contributed by atoms with Gasteiger partial charge in [0.1, 0.15) is 6.04 Å². The van der Waals surface area contributed by atoms with E-state index in [9.17, 15) is 9.90 Å². The number of aryl methyl sites for hydroxylation is 2. The molecule has 0 bridgehead atoms. The van der Waals surface area contributed by atoms with Crippen LogP contribution in [0, 0.1) is 6.92 Å². The van der Waals surface area contributed by atoms with Gasteiger partial charge in [0, 0.05) is 13.1 Å². The van der Waals surface area contributed by atoms with Crippen molar-refractivity contribution < 1.29 is 14.6 Å². The van der Waals surface area contributed by atoms with Crippen LogP contribution >= 0.6 is 0 Å². The van der Waals surface area contributed by atoms with Crippen LogP contribution in [0.2, 0.25) is 0 Å². The zero-order valence-electron chi connectivity index (χ0n) is 11.6. The van der Waals surface area contributed by atoms with Crippen molar-refractivity contribution >= 4 is 5.97 Å². The average molecular weight is 267 g/mol. The van der Waals surface area contributed by atoms with Crippen molar-refractivity contribution in [2.75, 3.05) is 7.11 Å². The molecule has 1 saturated carbocycles. The van der Waals surface area contributed by atoms with Crippen LogP contribution in [0.1, 0.15) is 43.0 Å². The van der Waals surface area contributed by atoms with E-state index in [0.29, 0.717) is 17.1 Å². The predicted molar refractivity (Wildman–Crippen MR) is 70.3 cm³/mol. The highest BCUT2D eigenvalue weighted by atomic mass is 16.5. The quantitative estimate of drug-likeness (QED) is 0.843. The van der Waals surface area contributed by atoms with Gasteiger partial charge in [-0.3, -0.25) is 10.1 Å². The van der Waals surface area contributed by atoms with Crippen LogP contribution in [0.3, 0.4) is 0 Å². The lowest BCUT2D eigenvalue weighted by atomic mass is 10.1. The van der Waals surface area contributed by atoms with Crippen molar-refractivity contribution in [3.63, 3.8) is 0 Å². The molecular formula is C13H21N3O3. The van der Waals surface area contributed by atoms with Crippen molar-refractivity contribution in [3.8, 4) is 5.88 Å². The highest BCUT2D eigenvalue weighted by molar-refractivity contribution is 5.77. The first-order chi connectivity index (χ1) is 9.04. The van der Waals surface area contributed by atoms with Gasteiger partial charge in [-0.05, 0) is 19.8 Å². The van der Waals surface area contributed by atoms with Crippen LogP contribution in [0.5, 0.6) is 5.88 Å². The predicted octanol–water partition coefficient (Wildman–Crippen LogP) is 1.40. The Morgan fingerprint density at radius 2 is 2.16 bits per heavy atom. The van der Waals surface area contributed by atoms with Crippen molar-refractivity contribution in [1.29, 1.82) is 0 Å². The molecule has 6 heteroatoms. The van der Waals surface area contributed by atoms with Gasteiger partial charge in [0.25, 0.3) is 0 Å². The van der Waals surface area contributed by atoms with E-state index in [1.165, 1.54) is 7.11 Å². The summed E-state index contributed by atoms with van der Waals surface area (Å²) in [5.41, 5.74) is 1.32. The topological polar surface area (TPSA) is 76.4 Å². The number of carboxylic acid groups (broad SMARTS) is 1. The first-order valence-corrected chi connectivity index (χ1v) is 6.61. The molecule has 1 fully saturated rings. The Hall–Kier alpha value is -1.56. The van der Waals surface area contributed by atoms with E-state index in [-0.39, 0.29) is 6.04 Å². The van der Waals surface area contributed by atoms with Gasteiger partial charge in [0.05, 0.1) is 18.4 Å². The van der Waals surface area contributed by atoms with Crippen LogP contribution in [-0.2, 0) is 11.8 Å². The van der Waals surface area contributed by atoms with Gasteiger partial charge in [-0.1, -0.05) is 12.8 Å². The van der Waals surface area contributed by atoms with Gasteiger partial charge in [0.2, 0.25) is 5.88 Å². The number of aromatic nitrogens is 2. The van der Waals surface area contributed by atoms with Crippen LogP contribution in [0.25, 0.3) is 0 Å². The number of methoxy groups -OCH3 is 1. The van der Waals surface area contributed by atoms with Crippen LogP contribution in [-0.4, -0.2) is 34.0 Å². The van der Waals surface area contributed by atoms with Gasteiger partial charge in [-0.25, -0.2) is 4.68 Å². The molecule has 2 rings (SSSR count). The van der Waals surface area contributed by atoms with Crippen molar-refractivity contribution in [3.05, 3.63) is 11.3 Å². The molecule has 1 aromatic rings. The maximum atomic E-state index is 11.6. The number of carboxylic acids is 1. The second-order valence-corrected chi connectivity index (χ2v) is 5.05. The number of nitrogens with zero attached hydrogens (tertiary/aromatic N) is 2. The van der Waals surface area contributed by atoms with E-state index < -0.39 is 12.0 Å². The van der Waals surface area contributed by atoms with Gasteiger partial charge in [0.15, 0.2) is 0 Å². The standard InChI is InChI=1S/C13H21N3O3/c1-8-10(12(19-3)16(2)15-8)11(13(17)18)14-9-6-4-5-7-9/h9,11,14H,4-7H2,1-3H3,(H,17,18). The molecule has 1 aromatic heterocycles. The number of hydrogen-bond donors (Lipinski definition) is 2. The first-order valence-electron chi connectivity index (χ1n) is 6.61. The van der Waals surface area contributed by atoms with Crippen molar-refractivity contribution in [2.24, 2.45) is 7.05 Å². The summed E-state index contributed by atoms with van der Waals surface area (Å²) in [5.74, 6) is -0.378. The molecule has 1 atom stereocenters. The Morgan fingerprint density at radius 1 is 1.53 bits per heavy atom. The third kappa shape index (κ3) is 2.73. The molecule has 0 radical (unpaired) electrons. The molecule has 0 spiro atoms. The van der Waals surface area contributed by atoms with Crippen molar-refractivity contribution in [1.82, 2.24) is 15.1 Å². The molecular weight excluding hydrogens is 246 g/mol. The van der Waals surface area contributed by atoms with Crippen LogP contribution < -0.4 is 10.1 Å². The second-order valence-electron chi connectivity index (χ2n) is 5.05. The fourth-order valence-corrected chi connectivity index (χ4v) is 2.83. The third-order valence-electron chi connectivity index (χ3n) is 3.70. The van der Waals surface area contributed by atoms with E-state index in [4.69, 9.17) is 4.74 Å². The van der Waals surface area contributed by atoms with E-state index in [2.05, 4.69) is 10.4 Å². The Labute approximate surface area is 112 Å². The number of aliphatic carboxylic acids is 1. The Bertz CT molecular complexity index is 464. The van der Waals surface area contributed by atoms with Gasteiger partial charge in [-0.2, -0.15) is 5.10 Å². The summed E-state index contributed by atoms with van der Waals surface area (Å²) >= 11 is 0. The fraction of sp³-hybridized carbons (Fsp3) is 0.692. The van der Waals surface area contributed by atoms with Gasteiger partial charge in [-0.15, -0.1) is 0 Å². The van der Waals surface area contributed by atoms with Crippen molar-refractivity contribution in [2.45, 2.75) is 44.7 Å². The zero-order valence-corrected chi connectivity index (χ0v) is 11.6. The minimum Gasteiger partial charge on any atom is -0.481 e. The minimum absolute atomic E-state index is 0.269. The molecule has 0 aromatic carbocycles. The first kappa shape index (κ1) is 13.9. The molecule has 6 nitrogen and oxygen atoms in total. The number of ether oxygens (including phenoxy) is 1. The summed E-state index contributed by atoms with van der Waals surface area (Å²) in [6.07, 6.45) is 4.39. The van der Waals surface area contributed by atoms with Gasteiger partial charge >= 0.3 is 5.97 Å². The summed E-state index contributed by atoms with van der Waals surface area (Å²) in [6.45, 7) is 1.81. The monoisotopic (exact) mass is 267 g/mol. The van der Waals surface area contributed by atoms with Crippen LogP contribution in [0.4, 0.5) is 0 Å². The normalized spacial score (nSPS) is 17.6. The maximum absolute atomic E-state index is 11.6. The van der Waals surface area contributed by atoms with Gasteiger partial charge < -0.3 is 9.84 Å². The maximum Gasteiger partial charge on any atom is 0.325 e. The zero-order chi connectivity index (χ0) is 14.0. The van der Waals surface area contributed by atoms with E-state index in [1.807, 2.05) is 6.92 Å². The molecule has 19 heavy (non-hydrogen) atoms. The van der Waals surface area contributed by atoms with Crippen LogP contribution in [0.15, 0.2) is 0 Å². The molecule has 1 aliphatic rings. The Kier molecular flexibility index (Phi) is 4.09. The SMILES string of the molecule is COc1c(C(NC2CCCC2)C(=O)O)c(C)nn1C. The number of nitrogens with one attached hydrogen (secondary N) is 1. The smallest absolute Gasteiger partial charge is 0.325 e. The molecule has 1 unspecified atom stereocenters. The summed E-state index contributed by atoms with van der Waals surface area (Å²) < 4.78 is 6.87. The Morgan fingerprint density at radius 3 is 2.68 bits per heavy atom. The summed E-state index contributed by atoms with van der Waals surface area (Å²) in [6, 6.07) is -0.489. The van der Waals surface area contributed by atoms with E-state index in [1.54, 1.807) is 11.7 Å². The number of rotatable bonds is 5. The number of hydrogen-bond acceptors (Lipinski definition) is 4. The molecule has 2 N–H and O–H groups in total. The highest BCUT2D eigenvalue weighted by Crippen LogP contribution is 2.30. The van der Waals surface area contributed by atoms with E-state index >= 15 is 0 Å². The summed E-state index contributed by atoms with van der Waals surface area (Å²) in [4.78, 5) is 11.6. The molecule has 1 aliphatic carbocycles. The molecule has 0 aliphatic heterocycles. The molecule has 0 amide bonds. The molecule has 1 heterocycles.